The molecule has 7 heteroatoms. The summed E-state index contributed by atoms with van der Waals surface area (Å²) in [6.07, 6.45) is 3.37. The number of nitrogens with zero attached hydrogens (tertiary/aromatic N) is 2. The van der Waals surface area contributed by atoms with E-state index in [-0.39, 0.29) is 37.3 Å². The first-order valence-corrected chi connectivity index (χ1v) is 4.13. The molecule has 0 aliphatic heterocycles. The van der Waals surface area contributed by atoms with Gasteiger partial charge in [-0.1, -0.05) is 0 Å². The Bertz CT molecular complexity index is 291. The molecule has 0 bridgehead atoms. The third-order valence-electron chi connectivity index (χ3n) is 1.52. The van der Waals surface area contributed by atoms with Gasteiger partial charge in [0.25, 0.3) is 0 Å². The summed E-state index contributed by atoms with van der Waals surface area (Å²) in [6, 6.07) is 0. The van der Waals surface area contributed by atoms with E-state index < -0.39 is 0 Å². The van der Waals surface area contributed by atoms with E-state index in [0.29, 0.717) is 13.2 Å². The highest BCUT2D eigenvalue weighted by atomic mass is 35.5. The van der Waals surface area contributed by atoms with Crippen molar-refractivity contribution in [2.75, 3.05) is 6.61 Å². The summed E-state index contributed by atoms with van der Waals surface area (Å²) in [5, 5.41) is 3.95. The third kappa shape index (κ3) is 5.61. The molecule has 0 amide bonds. The van der Waals surface area contributed by atoms with Crippen LogP contribution in [0.1, 0.15) is 12.5 Å². The van der Waals surface area contributed by atoms with Crippen LogP contribution in [0.5, 0.6) is 0 Å². The lowest BCUT2D eigenvalue weighted by molar-refractivity contribution is -0.144. The second-order valence-electron chi connectivity index (χ2n) is 2.56. The van der Waals surface area contributed by atoms with Crippen LogP contribution in [0.4, 0.5) is 0 Å². The lowest BCUT2D eigenvalue weighted by Gasteiger charge is -2.00. The van der Waals surface area contributed by atoms with Gasteiger partial charge in [0.1, 0.15) is 6.54 Å². The number of hydrogen-bond donors (Lipinski definition) is 1. The summed E-state index contributed by atoms with van der Waals surface area (Å²) in [5.74, 6) is -0.283. The van der Waals surface area contributed by atoms with Crippen molar-refractivity contribution in [3.8, 4) is 0 Å². The van der Waals surface area contributed by atoms with Crippen molar-refractivity contribution in [2.45, 2.75) is 20.0 Å². The molecule has 0 spiro atoms. The fourth-order valence-electron chi connectivity index (χ4n) is 0.937. The number of esters is 1. The topological polar surface area (TPSA) is 70.1 Å². The molecule has 0 atom stereocenters. The van der Waals surface area contributed by atoms with Crippen LogP contribution in [-0.4, -0.2) is 22.4 Å². The zero-order valence-electron chi connectivity index (χ0n) is 8.38. The Labute approximate surface area is 101 Å². The Balaban J connectivity index is 0. The van der Waals surface area contributed by atoms with E-state index in [4.69, 9.17) is 10.5 Å². The first-order valence-electron chi connectivity index (χ1n) is 4.13. The van der Waals surface area contributed by atoms with Gasteiger partial charge in [0, 0.05) is 18.3 Å². The van der Waals surface area contributed by atoms with Gasteiger partial charge in [0.2, 0.25) is 0 Å². The van der Waals surface area contributed by atoms with Crippen molar-refractivity contribution in [3.05, 3.63) is 18.0 Å². The van der Waals surface area contributed by atoms with Gasteiger partial charge in [-0.15, -0.1) is 24.8 Å². The summed E-state index contributed by atoms with van der Waals surface area (Å²) in [4.78, 5) is 11.0. The van der Waals surface area contributed by atoms with Crippen molar-refractivity contribution < 1.29 is 9.53 Å². The Hall–Kier alpha value is -0.780. The average molecular weight is 256 g/mol. The molecular weight excluding hydrogens is 241 g/mol. The average Bonchev–Trinajstić information content (AvgIpc) is 2.52. The van der Waals surface area contributed by atoms with Gasteiger partial charge in [-0.3, -0.25) is 9.48 Å². The molecule has 5 nitrogen and oxygen atoms in total. The normalized spacial score (nSPS) is 8.67. The Morgan fingerprint density at radius 3 is 2.73 bits per heavy atom. The molecule has 0 aromatic carbocycles. The van der Waals surface area contributed by atoms with Crippen LogP contribution in [0, 0.1) is 0 Å². The number of nitrogens with two attached hydrogens (primary N) is 1. The van der Waals surface area contributed by atoms with Crippen molar-refractivity contribution in [1.82, 2.24) is 9.78 Å². The number of carbonyl (C=O) groups is 1. The lowest BCUT2D eigenvalue weighted by atomic mass is 10.4. The highest BCUT2D eigenvalue weighted by molar-refractivity contribution is 5.85. The van der Waals surface area contributed by atoms with Crippen molar-refractivity contribution in [1.29, 1.82) is 0 Å². The molecule has 1 aromatic rings. The molecule has 88 valence electrons. The highest BCUT2D eigenvalue weighted by Gasteiger charge is 2.03. The second kappa shape index (κ2) is 8.52. The molecule has 1 rings (SSSR count). The van der Waals surface area contributed by atoms with Crippen LogP contribution >= 0.6 is 24.8 Å². The SMILES string of the molecule is CCOC(=O)Cn1cc(CN)cn1.Cl.Cl. The van der Waals surface area contributed by atoms with Crippen LogP contribution in [0.2, 0.25) is 0 Å². The van der Waals surface area contributed by atoms with Crippen LogP contribution in [-0.2, 0) is 22.6 Å². The number of halogens is 2. The molecule has 0 fully saturated rings. The number of carbonyl (C=O) groups excluding carboxylic acids is 1. The molecule has 2 N–H and O–H groups in total. The van der Waals surface area contributed by atoms with Gasteiger partial charge >= 0.3 is 5.97 Å². The van der Waals surface area contributed by atoms with E-state index in [1.54, 1.807) is 19.3 Å². The standard InChI is InChI=1S/C8H13N3O2.2ClH/c1-2-13-8(12)6-11-5-7(3-9)4-10-11;;/h4-5H,2-3,6,9H2,1H3;2*1H. The first-order chi connectivity index (χ1) is 6.26. The maximum atomic E-state index is 11.0. The minimum Gasteiger partial charge on any atom is -0.465 e. The van der Waals surface area contributed by atoms with E-state index in [9.17, 15) is 4.79 Å². The molecule has 0 aliphatic carbocycles. The van der Waals surface area contributed by atoms with Crippen LogP contribution in [0.15, 0.2) is 12.4 Å². The second-order valence-corrected chi connectivity index (χ2v) is 2.56. The fourth-order valence-corrected chi connectivity index (χ4v) is 0.937. The molecule has 1 heterocycles. The molecule has 0 saturated carbocycles. The lowest BCUT2D eigenvalue weighted by Crippen LogP contribution is -2.13. The molecule has 15 heavy (non-hydrogen) atoms. The third-order valence-corrected chi connectivity index (χ3v) is 1.52. The van der Waals surface area contributed by atoms with Gasteiger partial charge in [-0.2, -0.15) is 5.10 Å². The van der Waals surface area contributed by atoms with Gasteiger partial charge in [-0.05, 0) is 6.92 Å². The summed E-state index contributed by atoms with van der Waals surface area (Å²) >= 11 is 0. The van der Waals surface area contributed by atoms with Crippen molar-refractivity contribution >= 4 is 30.8 Å². The fraction of sp³-hybridized carbons (Fsp3) is 0.500. The number of rotatable bonds is 4. The van der Waals surface area contributed by atoms with E-state index >= 15 is 0 Å². The van der Waals surface area contributed by atoms with Crippen molar-refractivity contribution in [2.24, 2.45) is 5.73 Å². The minimum atomic E-state index is -0.283. The predicted molar refractivity (Wildman–Crippen MR) is 61.2 cm³/mol. The van der Waals surface area contributed by atoms with Gasteiger partial charge in [-0.25, -0.2) is 0 Å². The summed E-state index contributed by atoms with van der Waals surface area (Å²) in [6.45, 7) is 2.74. The molecule has 0 aliphatic rings. The Morgan fingerprint density at radius 2 is 2.27 bits per heavy atom. The van der Waals surface area contributed by atoms with Crippen molar-refractivity contribution in [3.63, 3.8) is 0 Å². The molecule has 0 saturated heterocycles. The predicted octanol–water partition coefficient (Wildman–Crippen LogP) is 0.748. The Kier molecular flexibility index (Phi) is 9.46. The number of aromatic nitrogens is 2. The smallest absolute Gasteiger partial charge is 0.327 e. The van der Waals surface area contributed by atoms with Gasteiger partial charge in [0.15, 0.2) is 0 Å². The maximum Gasteiger partial charge on any atom is 0.327 e. The van der Waals surface area contributed by atoms with Gasteiger partial charge in [0.05, 0.1) is 12.8 Å². The molecular formula is C8H15Cl2N3O2. The monoisotopic (exact) mass is 255 g/mol. The minimum absolute atomic E-state index is 0. The largest absolute Gasteiger partial charge is 0.465 e. The summed E-state index contributed by atoms with van der Waals surface area (Å²) in [7, 11) is 0. The van der Waals surface area contributed by atoms with E-state index in [2.05, 4.69) is 5.10 Å². The quantitative estimate of drug-likeness (QED) is 0.807. The van der Waals surface area contributed by atoms with Crippen LogP contribution < -0.4 is 5.73 Å². The first kappa shape index (κ1) is 16.6. The van der Waals surface area contributed by atoms with E-state index in [1.165, 1.54) is 4.68 Å². The number of ether oxygens (including phenoxy) is 1. The number of hydrogen-bond acceptors (Lipinski definition) is 4. The zero-order valence-corrected chi connectivity index (χ0v) is 10.0. The van der Waals surface area contributed by atoms with Crippen LogP contribution in [0.3, 0.4) is 0 Å². The van der Waals surface area contributed by atoms with Crippen LogP contribution in [0.25, 0.3) is 0 Å². The molecule has 0 unspecified atom stereocenters. The summed E-state index contributed by atoms with van der Waals surface area (Å²) < 4.78 is 6.27. The Morgan fingerprint density at radius 1 is 1.60 bits per heavy atom. The van der Waals surface area contributed by atoms with E-state index in [1.807, 2.05) is 0 Å². The highest BCUT2D eigenvalue weighted by Crippen LogP contribution is 1.95. The van der Waals surface area contributed by atoms with Gasteiger partial charge < -0.3 is 10.5 Å². The molecule has 1 aromatic heterocycles. The summed E-state index contributed by atoms with van der Waals surface area (Å²) in [5.41, 5.74) is 6.29. The maximum absolute atomic E-state index is 11.0. The molecule has 0 radical (unpaired) electrons. The van der Waals surface area contributed by atoms with E-state index in [0.717, 1.165) is 5.56 Å². The zero-order chi connectivity index (χ0) is 9.68.